The summed E-state index contributed by atoms with van der Waals surface area (Å²) in [5.74, 6) is 0.698. The zero-order chi connectivity index (χ0) is 18.8. The molecule has 134 valence electrons. The third kappa shape index (κ3) is 3.51. The molecule has 0 spiro atoms. The van der Waals surface area contributed by atoms with Crippen molar-refractivity contribution in [2.24, 2.45) is 0 Å². The third-order valence-corrected chi connectivity index (χ3v) is 5.45. The minimum atomic E-state index is -0.0389. The van der Waals surface area contributed by atoms with Crippen molar-refractivity contribution in [1.82, 2.24) is 14.5 Å². The van der Waals surface area contributed by atoms with E-state index in [9.17, 15) is 4.79 Å². The minimum Gasteiger partial charge on any atom is -0.268 e. The molecule has 4 nitrogen and oxygen atoms in total. The number of aromatic nitrogens is 3. The van der Waals surface area contributed by atoms with Gasteiger partial charge in [-0.15, -0.1) is 0 Å². The van der Waals surface area contributed by atoms with Crippen LogP contribution in [0.5, 0.6) is 0 Å². The van der Waals surface area contributed by atoms with Crippen molar-refractivity contribution >= 4 is 22.7 Å². The Morgan fingerprint density at radius 2 is 1.89 bits per heavy atom. The molecule has 27 heavy (non-hydrogen) atoms. The second kappa shape index (κ2) is 7.37. The van der Waals surface area contributed by atoms with E-state index in [2.05, 4.69) is 11.1 Å². The molecule has 0 aliphatic rings. The zero-order valence-electron chi connectivity index (χ0n) is 15.2. The van der Waals surface area contributed by atoms with Gasteiger partial charge in [0.15, 0.2) is 5.16 Å². The van der Waals surface area contributed by atoms with Gasteiger partial charge in [-0.2, -0.15) is 0 Å². The lowest BCUT2D eigenvalue weighted by Gasteiger charge is -2.15. The molecule has 2 heterocycles. The molecule has 0 radical (unpaired) electrons. The van der Waals surface area contributed by atoms with Crippen molar-refractivity contribution in [3.05, 3.63) is 94.0 Å². The van der Waals surface area contributed by atoms with E-state index in [-0.39, 0.29) is 5.56 Å². The molecule has 2 aromatic carbocycles. The number of benzene rings is 2. The number of pyridine rings is 1. The first-order chi connectivity index (χ1) is 13.1. The smallest absolute Gasteiger partial charge is 0.266 e. The molecule has 4 rings (SSSR count). The lowest BCUT2D eigenvalue weighted by atomic mass is 10.1. The van der Waals surface area contributed by atoms with Crippen LogP contribution in [0.25, 0.3) is 16.6 Å². The highest BCUT2D eigenvalue weighted by atomic mass is 32.2. The third-order valence-electron chi connectivity index (χ3n) is 4.44. The molecule has 0 aliphatic heterocycles. The minimum absolute atomic E-state index is 0.0389. The van der Waals surface area contributed by atoms with E-state index < -0.39 is 0 Å². The van der Waals surface area contributed by atoms with E-state index in [1.807, 2.05) is 68.6 Å². The van der Waals surface area contributed by atoms with Gasteiger partial charge in [0.2, 0.25) is 0 Å². The van der Waals surface area contributed by atoms with Gasteiger partial charge in [0.25, 0.3) is 5.56 Å². The summed E-state index contributed by atoms with van der Waals surface area (Å²) in [6.45, 7) is 4.05. The zero-order valence-corrected chi connectivity index (χ0v) is 16.0. The topological polar surface area (TPSA) is 47.8 Å². The number of rotatable bonds is 4. The van der Waals surface area contributed by atoms with Crippen LogP contribution in [0.2, 0.25) is 0 Å². The molecule has 0 bridgehead atoms. The maximum absolute atomic E-state index is 13.3. The quantitative estimate of drug-likeness (QED) is 0.385. The Morgan fingerprint density at radius 3 is 2.70 bits per heavy atom. The van der Waals surface area contributed by atoms with Gasteiger partial charge in [-0.05, 0) is 54.8 Å². The lowest BCUT2D eigenvalue weighted by molar-refractivity contribution is 0.813. The van der Waals surface area contributed by atoms with Crippen LogP contribution in [0.15, 0.2) is 76.9 Å². The molecule has 5 heteroatoms. The molecular formula is C22H19N3OS. The summed E-state index contributed by atoms with van der Waals surface area (Å²) in [4.78, 5) is 22.3. The number of fused-ring (bicyclic) bond motifs is 1. The predicted octanol–water partition coefficient (Wildman–Crippen LogP) is 4.69. The highest BCUT2D eigenvalue weighted by Crippen LogP contribution is 2.26. The fraction of sp³-hybridized carbons (Fsp3) is 0.136. The Morgan fingerprint density at radius 1 is 1.04 bits per heavy atom. The van der Waals surface area contributed by atoms with Gasteiger partial charge in [0, 0.05) is 18.1 Å². The molecule has 0 N–H and O–H groups in total. The van der Waals surface area contributed by atoms with Crippen LogP contribution in [0, 0.1) is 13.8 Å². The number of para-hydroxylation sites is 1. The molecule has 0 saturated carbocycles. The van der Waals surface area contributed by atoms with E-state index in [1.54, 1.807) is 22.5 Å². The highest BCUT2D eigenvalue weighted by molar-refractivity contribution is 7.98. The van der Waals surface area contributed by atoms with Crippen molar-refractivity contribution < 1.29 is 0 Å². The van der Waals surface area contributed by atoms with Crippen LogP contribution < -0.4 is 5.56 Å². The summed E-state index contributed by atoms with van der Waals surface area (Å²) in [5, 5.41) is 1.32. The Balaban J connectivity index is 1.90. The van der Waals surface area contributed by atoms with E-state index in [0.717, 1.165) is 27.9 Å². The molecule has 4 aromatic rings. The number of aryl methyl sites for hydroxylation is 2. The van der Waals surface area contributed by atoms with Gasteiger partial charge in [0.1, 0.15) is 0 Å². The van der Waals surface area contributed by atoms with Crippen molar-refractivity contribution in [3.8, 4) is 5.69 Å². The average Bonchev–Trinajstić information content (AvgIpc) is 2.69. The largest absolute Gasteiger partial charge is 0.268 e. The maximum Gasteiger partial charge on any atom is 0.266 e. The van der Waals surface area contributed by atoms with Crippen LogP contribution in [-0.2, 0) is 5.75 Å². The first kappa shape index (κ1) is 17.5. The normalized spacial score (nSPS) is 11.0. The molecule has 0 atom stereocenters. The van der Waals surface area contributed by atoms with Crippen LogP contribution in [0.4, 0.5) is 0 Å². The molecule has 2 aromatic heterocycles. The Bertz CT molecular complexity index is 1170. The average molecular weight is 373 g/mol. The van der Waals surface area contributed by atoms with Gasteiger partial charge in [-0.25, -0.2) is 4.98 Å². The fourth-order valence-electron chi connectivity index (χ4n) is 3.01. The Labute approximate surface area is 161 Å². The SMILES string of the molecule is Cc1ccc(C)c(-n2c(SCc3cccnc3)nc3ccccc3c2=O)c1. The monoisotopic (exact) mass is 373 g/mol. The predicted molar refractivity (Wildman–Crippen MR) is 111 cm³/mol. The molecule has 0 amide bonds. The summed E-state index contributed by atoms with van der Waals surface area (Å²) in [5.41, 5.74) is 4.81. The summed E-state index contributed by atoms with van der Waals surface area (Å²) in [6.07, 6.45) is 3.60. The van der Waals surface area contributed by atoms with Gasteiger partial charge in [-0.3, -0.25) is 14.3 Å². The van der Waals surface area contributed by atoms with Crippen molar-refractivity contribution in [3.63, 3.8) is 0 Å². The van der Waals surface area contributed by atoms with Crippen LogP contribution in [0.3, 0.4) is 0 Å². The van der Waals surface area contributed by atoms with Crippen molar-refractivity contribution in [1.29, 1.82) is 0 Å². The number of hydrogen-bond donors (Lipinski definition) is 0. The standard InChI is InChI=1S/C22H19N3OS/c1-15-9-10-16(2)20(12-15)25-21(26)18-7-3-4-8-19(18)24-22(25)27-14-17-6-5-11-23-13-17/h3-13H,14H2,1-2H3. The maximum atomic E-state index is 13.3. The lowest BCUT2D eigenvalue weighted by Crippen LogP contribution is -2.22. The highest BCUT2D eigenvalue weighted by Gasteiger charge is 2.15. The van der Waals surface area contributed by atoms with Crippen molar-refractivity contribution in [2.75, 3.05) is 0 Å². The van der Waals surface area contributed by atoms with E-state index in [0.29, 0.717) is 16.3 Å². The summed E-state index contributed by atoms with van der Waals surface area (Å²) in [7, 11) is 0. The molecular weight excluding hydrogens is 354 g/mol. The van der Waals surface area contributed by atoms with Gasteiger partial charge in [0.05, 0.1) is 16.6 Å². The molecule has 0 aliphatic carbocycles. The molecule has 0 saturated heterocycles. The van der Waals surface area contributed by atoms with Crippen LogP contribution >= 0.6 is 11.8 Å². The number of nitrogens with zero attached hydrogens (tertiary/aromatic N) is 3. The number of hydrogen-bond acceptors (Lipinski definition) is 4. The Hall–Kier alpha value is -2.92. The molecule has 0 unspecified atom stereocenters. The molecule has 0 fully saturated rings. The fourth-order valence-corrected chi connectivity index (χ4v) is 3.95. The first-order valence-electron chi connectivity index (χ1n) is 8.74. The number of thioether (sulfide) groups is 1. The second-order valence-corrected chi connectivity index (χ2v) is 7.43. The summed E-state index contributed by atoms with van der Waals surface area (Å²) >= 11 is 1.55. The van der Waals surface area contributed by atoms with E-state index >= 15 is 0 Å². The van der Waals surface area contributed by atoms with Crippen molar-refractivity contribution in [2.45, 2.75) is 24.8 Å². The summed E-state index contributed by atoms with van der Waals surface area (Å²) in [6, 6.07) is 17.6. The Kier molecular flexibility index (Phi) is 4.77. The van der Waals surface area contributed by atoms with E-state index in [1.165, 1.54) is 0 Å². The first-order valence-corrected chi connectivity index (χ1v) is 9.73. The van der Waals surface area contributed by atoms with Gasteiger partial charge < -0.3 is 0 Å². The van der Waals surface area contributed by atoms with E-state index in [4.69, 9.17) is 4.98 Å². The summed E-state index contributed by atoms with van der Waals surface area (Å²) < 4.78 is 1.74. The van der Waals surface area contributed by atoms with Gasteiger partial charge in [-0.1, -0.05) is 42.1 Å². The van der Waals surface area contributed by atoms with Gasteiger partial charge >= 0.3 is 0 Å². The second-order valence-electron chi connectivity index (χ2n) is 6.49. The van der Waals surface area contributed by atoms with Crippen LogP contribution in [-0.4, -0.2) is 14.5 Å². The van der Waals surface area contributed by atoms with Crippen LogP contribution in [0.1, 0.15) is 16.7 Å².